The molecule has 4 atom stereocenters. The molecule has 6 nitrogen and oxygen atoms in total. The topological polar surface area (TPSA) is 79.1 Å². The third-order valence-electron chi connectivity index (χ3n) is 7.41. The third kappa shape index (κ3) is 4.80. The Morgan fingerprint density at radius 3 is 1.72 bits per heavy atom. The molecule has 181 valence electrons. The zero-order valence-electron chi connectivity index (χ0n) is 21.0. The molecule has 0 saturated carbocycles. The number of hydrogen-bond donors (Lipinski definition) is 1. The first-order valence-electron chi connectivity index (χ1n) is 11.5. The molecule has 1 aliphatic carbocycles. The summed E-state index contributed by atoms with van der Waals surface area (Å²) < 4.78 is 21.3. The van der Waals surface area contributed by atoms with Gasteiger partial charge in [0.05, 0.1) is 12.0 Å². The zero-order chi connectivity index (χ0) is 22.7. The van der Waals surface area contributed by atoms with Crippen LogP contribution in [0.5, 0.6) is 0 Å². The van der Waals surface area contributed by atoms with E-state index >= 15 is 0 Å². The van der Waals surface area contributed by atoms with E-state index in [1.165, 1.54) is 0 Å². The molecule has 1 amide bonds. The summed E-state index contributed by atoms with van der Waals surface area (Å²) >= 11 is 0. The average molecular weight is 727 g/mol. The Morgan fingerprint density at radius 1 is 0.969 bits per heavy atom. The van der Waals surface area contributed by atoms with E-state index in [2.05, 4.69) is 60.7 Å². The second-order valence-corrected chi connectivity index (χ2v) is 19.4. The number of carbonyl (C=O) groups is 1. The molecule has 3 rings (SSSR count). The van der Waals surface area contributed by atoms with E-state index in [-0.39, 0.29) is 81.8 Å². The first kappa shape index (κ1) is 31.3. The van der Waals surface area contributed by atoms with Crippen LogP contribution in [0.25, 0.3) is 5.32 Å². The molecule has 2 aliphatic heterocycles. The Labute approximate surface area is 236 Å². The zero-order valence-corrected chi connectivity index (χ0v) is 28.8. The molecule has 2 heterocycles. The van der Waals surface area contributed by atoms with Gasteiger partial charge in [0.15, 0.2) is 0 Å². The second-order valence-electron chi connectivity index (χ2n) is 10.6. The van der Waals surface area contributed by atoms with Crippen LogP contribution in [0.15, 0.2) is 12.2 Å². The molecular weight excluding hydrogens is 687 g/mol. The maximum Gasteiger partial charge on any atom is 0.335 e. The van der Waals surface area contributed by atoms with Crippen LogP contribution in [0, 0.1) is 0 Å². The van der Waals surface area contributed by atoms with Gasteiger partial charge in [0.1, 0.15) is 11.7 Å². The molecule has 0 bridgehead atoms. The Kier molecular flexibility index (Phi) is 10.5. The van der Waals surface area contributed by atoms with Crippen molar-refractivity contribution < 1.29 is 76.6 Å². The first-order chi connectivity index (χ1) is 13.8. The Balaban J connectivity index is 0.00000256. The van der Waals surface area contributed by atoms with Gasteiger partial charge < -0.3 is 28.2 Å². The van der Waals surface area contributed by atoms with E-state index in [0.29, 0.717) is 12.8 Å². The number of β-lactam (4-membered cyclic amide) rings is 1. The van der Waals surface area contributed by atoms with E-state index in [1.807, 2.05) is 13.0 Å². The van der Waals surface area contributed by atoms with Crippen molar-refractivity contribution in [1.29, 1.82) is 0 Å². The van der Waals surface area contributed by atoms with E-state index in [0.717, 1.165) is 0 Å². The summed E-state index contributed by atoms with van der Waals surface area (Å²) in [5.74, 6) is -0.119. The van der Waals surface area contributed by atoms with Crippen LogP contribution in [-0.2, 0) is 71.5 Å². The minimum atomic E-state index is -2.81. The smallest absolute Gasteiger partial charge is 0.335 e. The summed E-state index contributed by atoms with van der Waals surface area (Å²) in [6, 6.07) is 0. The van der Waals surface area contributed by atoms with Crippen LogP contribution in [-0.4, -0.2) is 51.5 Å². The average Bonchev–Trinajstić information content (AvgIpc) is 2.81. The Hall–Kier alpha value is 1.28. The van der Waals surface area contributed by atoms with Gasteiger partial charge in [0, 0.05) is 53.8 Å². The maximum atomic E-state index is 12.0. The summed E-state index contributed by atoms with van der Waals surface area (Å²) in [6.07, 6.45) is 3.36. The molecule has 2 saturated heterocycles. The number of amides is 1. The molecule has 10 heteroatoms. The van der Waals surface area contributed by atoms with Gasteiger partial charge in [-0.25, -0.2) is 0 Å². The third-order valence-corrected chi connectivity index (χ3v) is 17.6. The number of rotatable bonds is 5. The van der Waals surface area contributed by atoms with Gasteiger partial charge in [0.25, 0.3) is 0 Å². The predicted molar refractivity (Wildman–Crippen MR) is 123 cm³/mol. The molecule has 2 fully saturated rings. The van der Waals surface area contributed by atoms with Crippen molar-refractivity contribution >= 4 is 23.0 Å². The molecule has 1 radical (unpaired) electrons. The van der Waals surface area contributed by atoms with Crippen molar-refractivity contribution in [2.75, 3.05) is 0 Å². The van der Waals surface area contributed by atoms with E-state index in [9.17, 15) is 9.90 Å². The van der Waals surface area contributed by atoms with Gasteiger partial charge in [-0.2, -0.15) is 0 Å². The number of aliphatic hydroxyl groups is 1. The van der Waals surface area contributed by atoms with Crippen molar-refractivity contribution in [3.05, 3.63) is 17.5 Å². The summed E-state index contributed by atoms with van der Waals surface area (Å²) in [5, 5.41) is 16.0. The van der Waals surface area contributed by atoms with Gasteiger partial charge >= 0.3 is 17.1 Å². The van der Waals surface area contributed by atoms with Crippen LogP contribution in [0.4, 0.5) is 0 Å². The van der Waals surface area contributed by atoms with Gasteiger partial charge in [-0.05, 0) is 35.0 Å². The summed E-state index contributed by atoms with van der Waals surface area (Å²) in [6.45, 7) is 19.3. The van der Waals surface area contributed by atoms with Crippen LogP contribution in [0.2, 0.25) is 22.2 Å². The van der Waals surface area contributed by atoms with Crippen molar-refractivity contribution in [2.45, 2.75) is 121 Å². The predicted octanol–water partition coefficient (Wildman–Crippen LogP) is 5.06. The standard InChI is InChI=1S/C22H41NO5Si2.W.Y/c1-10-22(25)12-11-21(13-18(24)23-21)19-20(22)27-30(16(6)7,17(8)9)28-29(26-19,14(2)3)15(4)5;;/h11-12,14-17,19-20,25H,10,13H2,1-9H3,(H,23,24);;/p-1/t19-,20+,21+,22+;;/m1../s1. The molecular formula is C22H40NO5Si2WY-. The molecule has 32 heavy (non-hydrogen) atoms. The molecule has 0 aromatic heterocycles. The molecule has 0 unspecified atom stereocenters. The SMILES string of the molecule is CC[C@]1(O)C=C[C@]2(CC(=O)[N-]2)[C@@H]2O[Si](C(C)C)(C(C)C)O[Si](C(C)C)(C(C)C)O[C@@H]21.[W].[Y]. The minimum Gasteiger partial charge on any atom is -0.643 e. The summed E-state index contributed by atoms with van der Waals surface area (Å²) in [4.78, 5) is 12.0. The van der Waals surface area contributed by atoms with Crippen LogP contribution in [0.3, 0.4) is 0 Å². The number of carbonyl (C=O) groups excluding carboxylic acids is 1. The Morgan fingerprint density at radius 2 is 1.38 bits per heavy atom. The number of fused-ring (bicyclic) bond motifs is 2. The van der Waals surface area contributed by atoms with Gasteiger partial charge in [-0.1, -0.05) is 80.0 Å². The van der Waals surface area contributed by atoms with Gasteiger partial charge in [0.2, 0.25) is 0 Å². The first-order valence-corrected chi connectivity index (χ1v) is 15.5. The number of nitrogens with zero attached hydrogens (tertiary/aromatic N) is 1. The fourth-order valence-corrected chi connectivity index (χ4v) is 16.8. The van der Waals surface area contributed by atoms with E-state index in [1.54, 1.807) is 6.08 Å². The molecule has 1 N–H and O–H groups in total. The molecule has 0 aromatic rings. The van der Waals surface area contributed by atoms with Crippen LogP contribution in [0.1, 0.15) is 75.2 Å². The second kappa shape index (κ2) is 10.7. The quantitative estimate of drug-likeness (QED) is 0.244. The van der Waals surface area contributed by atoms with Gasteiger partial charge in [-0.15, -0.1) is 0 Å². The maximum absolute atomic E-state index is 12.0. The van der Waals surface area contributed by atoms with Crippen molar-refractivity contribution in [3.63, 3.8) is 0 Å². The van der Waals surface area contributed by atoms with E-state index < -0.39 is 40.5 Å². The fourth-order valence-electron chi connectivity index (χ4n) is 5.42. The monoisotopic (exact) mass is 727 g/mol. The van der Waals surface area contributed by atoms with Gasteiger partial charge in [-0.3, -0.25) is 0 Å². The largest absolute Gasteiger partial charge is 0.643 e. The molecule has 0 aromatic carbocycles. The Bertz CT molecular complexity index is 696. The summed E-state index contributed by atoms with van der Waals surface area (Å²) in [5.41, 5.74) is -1.17. The number of hydrogen-bond acceptors (Lipinski definition) is 5. The normalized spacial score (nSPS) is 35.1. The van der Waals surface area contributed by atoms with Crippen molar-refractivity contribution in [3.8, 4) is 0 Å². The minimum absolute atomic E-state index is 0. The molecule has 1 spiro atoms. The van der Waals surface area contributed by atoms with Crippen LogP contribution >= 0.6 is 0 Å². The van der Waals surface area contributed by atoms with Crippen molar-refractivity contribution in [1.82, 2.24) is 0 Å². The van der Waals surface area contributed by atoms with Crippen LogP contribution < -0.4 is 0 Å². The molecule has 3 aliphatic rings. The van der Waals surface area contributed by atoms with E-state index in [4.69, 9.17) is 13.0 Å². The van der Waals surface area contributed by atoms with Crippen molar-refractivity contribution in [2.24, 2.45) is 0 Å². The fraction of sp³-hybridized carbons (Fsp3) is 0.864. The summed E-state index contributed by atoms with van der Waals surface area (Å²) in [7, 11) is -5.62.